The minimum absolute atomic E-state index is 0.250. The molecule has 0 atom stereocenters. The van der Waals surface area contributed by atoms with Crippen molar-refractivity contribution in [2.45, 2.75) is 43.5 Å². The van der Waals surface area contributed by atoms with Crippen molar-refractivity contribution in [3.8, 4) is 0 Å². The Kier molecular flexibility index (Phi) is 4.78. The zero-order chi connectivity index (χ0) is 15.6. The van der Waals surface area contributed by atoms with Crippen molar-refractivity contribution >= 4 is 21.4 Å². The molecule has 1 fully saturated rings. The molecule has 1 aliphatic rings. The third kappa shape index (κ3) is 3.49. The summed E-state index contributed by atoms with van der Waals surface area (Å²) in [5.41, 5.74) is 7.64. The number of anilines is 2. The van der Waals surface area contributed by atoms with Crippen molar-refractivity contribution in [1.29, 1.82) is 0 Å². The summed E-state index contributed by atoms with van der Waals surface area (Å²) in [5, 5.41) is 0. The Bertz CT molecular complexity index is 595. The molecule has 0 aromatic heterocycles. The van der Waals surface area contributed by atoms with Crippen molar-refractivity contribution in [3.63, 3.8) is 0 Å². The average Bonchev–Trinajstić information content (AvgIpc) is 3.25. The Labute approximate surface area is 127 Å². The van der Waals surface area contributed by atoms with Gasteiger partial charge in [-0.2, -0.15) is 0 Å². The third-order valence-electron chi connectivity index (χ3n) is 3.83. The molecule has 0 amide bonds. The number of nitrogen functional groups attached to an aromatic ring is 1. The van der Waals surface area contributed by atoms with Gasteiger partial charge in [-0.15, -0.1) is 0 Å². The minimum Gasteiger partial charge on any atom is -0.397 e. The molecule has 0 radical (unpaired) electrons. The van der Waals surface area contributed by atoms with Gasteiger partial charge in [-0.05, 0) is 37.5 Å². The van der Waals surface area contributed by atoms with Crippen LogP contribution in [-0.4, -0.2) is 39.4 Å². The first-order valence-electron chi connectivity index (χ1n) is 7.46. The minimum atomic E-state index is -3.43. The lowest BCUT2D eigenvalue weighted by Crippen LogP contribution is -2.28. The Balaban J connectivity index is 2.30. The Morgan fingerprint density at radius 3 is 2.43 bits per heavy atom. The van der Waals surface area contributed by atoms with Crippen LogP contribution in [0.4, 0.5) is 11.4 Å². The number of rotatable bonds is 7. The standard InChI is InChI=1S/C15H25N3O2S/c1-4-5-10-18(12-6-7-12)15-9-8-13(11-14(15)16)21(19,20)17(2)3/h8-9,11-12H,4-7,10,16H2,1-3H3. The van der Waals surface area contributed by atoms with Gasteiger partial charge < -0.3 is 10.6 Å². The van der Waals surface area contributed by atoms with Gasteiger partial charge >= 0.3 is 0 Å². The van der Waals surface area contributed by atoms with Crippen molar-refractivity contribution in [1.82, 2.24) is 4.31 Å². The van der Waals surface area contributed by atoms with Crippen LogP contribution >= 0.6 is 0 Å². The van der Waals surface area contributed by atoms with Gasteiger partial charge in [0, 0.05) is 26.7 Å². The number of hydrogen-bond acceptors (Lipinski definition) is 4. The number of nitrogens with two attached hydrogens (primary N) is 1. The summed E-state index contributed by atoms with van der Waals surface area (Å²) in [6.07, 6.45) is 4.64. The van der Waals surface area contributed by atoms with Gasteiger partial charge in [-0.25, -0.2) is 12.7 Å². The lowest BCUT2D eigenvalue weighted by Gasteiger charge is -2.26. The smallest absolute Gasteiger partial charge is 0.242 e. The number of hydrogen-bond donors (Lipinski definition) is 1. The van der Waals surface area contributed by atoms with Crippen LogP contribution in [0, 0.1) is 0 Å². The zero-order valence-electron chi connectivity index (χ0n) is 13.0. The highest BCUT2D eigenvalue weighted by atomic mass is 32.2. The highest BCUT2D eigenvalue weighted by Crippen LogP contribution is 2.36. The van der Waals surface area contributed by atoms with E-state index in [0.717, 1.165) is 25.1 Å². The van der Waals surface area contributed by atoms with E-state index in [1.165, 1.54) is 31.2 Å². The Hall–Kier alpha value is -1.27. The fourth-order valence-corrected chi connectivity index (χ4v) is 3.32. The first-order valence-corrected chi connectivity index (χ1v) is 8.90. The van der Waals surface area contributed by atoms with Crippen molar-refractivity contribution < 1.29 is 8.42 Å². The van der Waals surface area contributed by atoms with E-state index in [0.29, 0.717) is 11.7 Å². The summed E-state index contributed by atoms with van der Waals surface area (Å²) in [6, 6.07) is 5.64. The van der Waals surface area contributed by atoms with Crippen LogP contribution in [0.1, 0.15) is 32.6 Å². The van der Waals surface area contributed by atoms with Crippen LogP contribution < -0.4 is 10.6 Å². The average molecular weight is 311 g/mol. The summed E-state index contributed by atoms with van der Waals surface area (Å²) in [4.78, 5) is 2.57. The molecule has 1 aromatic rings. The summed E-state index contributed by atoms with van der Waals surface area (Å²) >= 11 is 0. The highest BCUT2D eigenvalue weighted by Gasteiger charge is 2.30. The molecule has 1 saturated carbocycles. The molecule has 21 heavy (non-hydrogen) atoms. The normalized spacial score (nSPS) is 15.4. The molecule has 0 unspecified atom stereocenters. The maximum atomic E-state index is 12.1. The van der Waals surface area contributed by atoms with E-state index in [9.17, 15) is 8.42 Å². The molecule has 1 aliphatic carbocycles. The van der Waals surface area contributed by atoms with Crippen LogP contribution in [0.3, 0.4) is 0 Å². The second kappa shape index (κ2) is 6.23. The monoisotopic (exact) mass is 311 g/mol. The fraction of sp³-hybridized carbons (Fsp3) is 0.600. The van der Waals surface area contributed by atoms with Gasteiger partial charge in [0.2, 0.25) is 10.0 Å². The molecular formula is C15H25N3O2S. The fourth-order valence-electron chi connectivity index (χ4n) is 2.38. The van der Waals surface area contributed by atoms with Gasteiger partial charge in [0.05, 0.1) is 16.3 Å². The molecule has 0 saturated heterocycles. The Morgan fingerprint density at radius 1 is 1.29 bits per heavy atom. The molecule has 1 aromatic carbocycles. The maximum Gasteiger partial charge on any atom is 0.242 e. The molecule has 2 rings (SSSR count). The second-order valence-electron chi connectivity index (χ2n) is 5.79. The molecule has 0 aliphatic heterocycles. The predicted octanol–water partition coefficient (Wildman–Crippen LogP) is 2.29. The van der Waals surface area contributed by atoms with E-state index in [4.69, 9.17) is 5.73 Å². The van der Waals surface area contributed by atoms with E-state index >= 15 is 0 Å². The van der Waals surface area contributed by atoms with Gasteiger partial charge in [-0.1, -0.05) is 13.3 Å². The van der Waals surface area contributed by atoms with Crippen LogP contribution in [-0.2, 0) is 10.0 Å². The van der Waals surface area contributed by atoms with Crippen LogP contribution in [0.25, 0.3) is 0 Å². The van der Waals surface area contributed by atoms with E-state index < -0.39 is 10.0 Å². The molecule has 5 nitrogen and oxygen atoms in total. The largest absolute Gasteiger partial charge is 0.397 e. The first-order chi connectivity index (χ1) is 9.87. The molecule has 0 heterocycles. The van der Waals surface area contributed by atoms with E-state index in [-0.39, 0.29) is 4.90 Å². The number of benzene rings is 1. The van der Waals surface area contributed by atoms with Gasteiger partial charge in [0.1, 0.15) is 0 Å². The maximum absolute atomic E-state index is 12.1. The summed E-state index contributed by atoms with van der Waals surface area (Å²) in [6.45, 7) is 3.15. The van der Waals surface area contributed by atoms with E-state index in [1.807, 2.05) is 6.07 Å². The molecule has 118 valence electrons. The van der Waals surface area contributed by atoms with Gasteiger partial charge in [0.25, 0.3) is 0 Å². The number of sulfonamides is 1. The lowest BCUT2D eigenvalue weighted by molar-refractivity contribution is 0.521. The molecule has 6 heteroatoms. The predicted molar refractivity (Wildman–Crippen MR) is 87.0 cm³/mol. The lowest BCUT2D eigenvalue weighted by atomic mass is 10.2. The van der Waals surface area contributed by atoms with E-state index in [1.54, 1.807) is 12.1 Å². The third-order valence-corrected chi connectivity index (χ3v) is 5.64. The molecule has 2 N–H and O–H groups in total. The topological polar surface area (TPSA) is 66.6 Å². The van der Waals surface area contributed by atoms with Crippen molar-refractivity contribution in [3.05, 3.63) is 18.2 Å². The van der Waals surface area contributed by atoms with Gasteiger partial charge in [0.15, 0.2) is 0 Å². The van der Waals surface area contributed by atoms with Crippen LogP contribution in [0.15, 0.2) is 23.1 Å². The molecule has 0 spiro atoms. The first kappa shape index (κ1) is 16.1. The Morgan fingerprint density at radius 2 is 1.95 bits per heavy atom. The summed E-state index contributed by atoms with van der Waals surface area (Å²) in [5.74, 6) is 0. The zero-order valence-corrected chi connectivity index (χ0v) is 13.9. The quantitative estimate of drug-likeness (QED) is 0.785. The SMILES string of the molecule is CCCCN(c1ccc(S(=O)(=O)N(C)C)cc1N)C1CC1. The van der Waals surface area contributed by atoms with Crippen LogP contribution in [0.2, 0.25) is 0 Å². The molecule has 0 bridgehead atoms. The van der Waals surface area contributed by atoms with Crippen molar-refractivity contribution in [2.24, 2.45) is 0 Å². The second-order valence-corrected chi connectivity index (χ2v) is 7.94. The molecular weight excluding hydrogens is 286 g/mol. The highest BCUT2D eigenvalue weighted by molar-refractivity contribution is 7.89. The van der Waals surface area contributed by atoms with Gasteiger partial charge in [-0.3, -0.25) is 0 Å². The summed E-state index contributed by atoms with van der Waals surface area (Å²) in [7, 11) is -0.379. The van der Waals surface area contributed by atoms with Crippen LogP contribution in [0.5, 0.6) is 0 Å². The van der Waals surface area contributed by atoms with E-state index in [2.05, 4.69) is 11.8 Å². The van der Waals surface area contributed by atoms with Crippen molar-refractivity contribution in [2.75, 3.05) is 31.3 Å². The summed E-state index contributed by atoms with van der Waals surface area (Å²) < 4.78 is 25.5. The number of unbranched alkanes of at least 4 members (excludes halogenated alkanes) is 1. The number of nitrogens with zero attached hydrogens (tertiary/aromatic N) is 2.